The quantitative estimate of drug-likeness (QED) is 0.750. The van der Waals surface area contributed by atoms with Crippen LogP contribution in [0.15, 0.2) is 0 Å². The van der Waals surface area contributed by atoms with Crippen LogP contribution in [0.25, 0.3) is 0 Å². The monoisotopic (exact) mass is 237 g/mol. The standard InChI is InChI=1S/C15H27NO/c1-12-7-6-8-13(2)16(12)11-15(17)14-9-4-3-5-10-14/h12-14H,3-11H2,1-2H3. The molecule has 98 valence electrons. The van der Waals surface area contributed by atoms with E-state index in [1.54, 1.807) is 0 Å². The predicted molar refractivity (Wildman–Crippen MR) is 71.1 cm³/mol. The molecule has 2 atom stereocenters. The van der Waals surface area contributed by atoms with Crippen LogP contribution in [0.4, 0.5) is 0 Å². The van der Waals surface area contributed by atoms with E-state index in [2.05, 4.69) is 18.7 Å². The number of carbonyl (C=O) groups excluding carboxylic acids is 1. The van der Waals surface area contributed by atoms with Crippen molar-refractivity contribution in [2.24, 2.45) is 5.92 Å². The molecule has 0 amide bonds. The third-order valence-corrected chi connectivity index (χ3v) is 4.78. The van der Waals surface area contributed by atoms with E-state index in [0.29, 0.717) is 30.3 Å². The number of hydrogen-bond donors (Lipinski definition) is 0. The van der Waals surface area contributed by atoms with Gasteiger partial charge in [0.2, 0.25) is 0 Å². The summed E-state index contributed by atoms with van der Waals surface area (Å²) in [5, 5.41) is 0. The summed E-state index contributed by atoms with van der Waals surface area (Å²) in [6, 6.07) is 1.21. The van der Waals surface area contributed by atoms with Crippen LogP contribution in [0, 0.1) is 5.92 Å². The van der Waals surface area contributed by atoms with Gasteiger partial charge in [0.05, 0.1) is 6.54 Å². The molecule has 1 saturated heterocycles. The first-order chi connectivity index (χ1) is 8.18. The van der Waals surface area contributed by atoms with E-state index in [-0.39, 0.29) is 0 Å². The summed E-state index contributed by atoms with van der Waals surface area (Å²) in [4.78, 5) is 14.8. The Kier molecular flexibility index (Phi) is 4.61. The Morgan fingerprint density at radius 3 is 2.12 bits per heavy atom. The van der Waals surface area contributed by atoms with E-state index in [1.807, 2.05) is 0 Å². The lowest BCUT2D eigenvalue weighted by Gasteiger charge is -2.39. The molecule has 0 aromatic carbocycles. The second kappa shape index (κ2) is 5.99. The van der Waals surface area contributed by atoms with Crippen molar-refractivity contribution in [3.8, 4) is 0 Å². The highest BCUT2D eigenvalue weighted by molar-refractivity contribution is 5.83. The highest BCUT2D eigenvalue weighted by atomic mass is 16.1. The number of hydrogen-bond acceptors (Lipinski definition) is 2. The van der Waals surface area contributed by atoms with Gasteiger partial charge in [-0.25, -0.2) is 0 Å². The zero-order valence-corrected chi connectivity index (χ0v) is 11.5. The number of carbonyl (C=O) groups is 1. The minimum Gasteiger partial charge on any atom is -0.298 e. The van der Waals surface area contributed by atoms with Crippen molar-refractivity contribution in [3.05, 3.63) is 0 Å². The highest BCUT2D eigenvalue weighted by Crippen LogP contribution is 2.27. The fraction of sp³-hybridized carbons (Fsp3) is 0.933. The van der Waals surface area contributed by atoms with Crippen LogP contribution < -0.4 is 0 Å². The number of likely N-dealkylation sites (tertiary alicyclic amines) is 1. The van der Waals surface area contributed by atoms with Gasteiger partial charge in [-0.3, -0.25) is 9.69 Å². The molecule has 17 heavy (non-hydrogen) atoms. The lowest BCUT2D eigenvalue weighted by molar-refractivity contribution is -0.126. The summed E-state index contributed by atoms with van der Waals surface area (Å²) in [5.74, 6) is 0.898. The number of nitrogens with zero attached hydrogens (tertiary/aromatic N) is 1. The van der Waals surface area contributed by atoms with Crippen LogP contribution >= 0.6 is 0 Å². The number of piperidine rings is 1. The first-order valence-corrected chi connectivity index (χ1v) is 7.47. The van der Waals surface area contributed by atoms with Gasteiger partial charge in [0.1, 0.15) is 5.78 Å². The van der Waals surface area contributed by atoms with Crippen LogP contribution in [0.5, 0.6) is 0 Å². The van der Waals surface area contributed by atoms with Gasteiger partial charge in [-0.05, 0) is 39.5 Å². The molecule has 2 heteroatoms. The molecule has 1 aliphatic carbocycles. The van der Waals surface area contributed by atoms with Crippen LogP contribution in [0.1, 0.15) is 65.2 Å². The van der Waals surface area contributed by atoms with Gasteiger partial charge in [-0.15, -0.1) is 0 Å². The van der Waals surface area contributed by atoms with E-state index in [4.69, 9.17) is 0 Å². The Bertz CT molecular complexity index is 248. The maximum absolute atomic E-state index is 12.3. The third-order valence-electron chi connectivity index (χ3n) is 4.78. The molecular weight excluding hydrogens is 210 g/mol. The normalized spacial score (nSPS) is 32.6. The molecule has 0 aromatic rings. The Balaban J connectivity index is 1.87. The molecule has 0 bridgehead atoms. The second-order valence-electron chi connectivity index (χ2n) is 6.10. The smallest absolute Gasteiger partial charge is 0.149 e. The van der Waals surface area contributed by atoms with Gasteiger partial charge in [-0.2, -0.15) is 0 Å². The Hall–Kier alpha value is -0.370. The fourth-order valence-corrected chi connectivity index (χ4v) is 3.52. The summed E-state index contributed by atoms with van der Waals surface area (Å²) >= 11 is 0. The number of Topliss-reactive ketones (excluding diaryl/α,β-unsaturated/α-hetero) is 1. The zero-order chi connectivity index (χ0) is 12.3. The van der Waals surface area contributed by atoms with Crippen molar-refractivity contribution < 1.29 is 4.79 Å². The van der Waals surface area contributed by atoms with Crippen molar-refractivity contribution in [3.63, 3.8) is 0 Å². The average molecular weight is 237 g/mol. The van der Waals surface area contributed by atoms with Crippen molar-refractivity contribution in [2.45, 2.75) is 77.3 Å². The highest BCUT2D eigenvalue weighted by Gasteiger charge is 2.29. The summed E-state index contributed by atoms with van der Waals surface area (Å²) in [7, 11) is 0. The summed E-state index contributed by atoms with van der Waals surface area (Å²) in [6.07, 6.45) is 10.0. The molecule has 2 unspecified atom stereocenters. The van der Waals surface area contributed by atoms with Crippen LogP contribution in [-0.4, -0.2) is 29.3 Å². The van der Waals surface area contributed by atoms with E-state index in [9.17, 15) is 4.79 Å². The number of rotatable bonds is 3. The molecular formula is C15H27NO. The van der Waals surface area contributed by atoms with Crippen LogP contribution in [0.3, 0.4) is 0 Å². The maximum atomic E-state index is 12.3. The fourth-order valence-electron chi connectivity index (χ4n) is 3.52. The Labute approximate surface area is 106 Å². The average Bonchev–Trinajstić information content (AvgIpc) is 2.35. The van der Waals surface area contributed by atoms with Gasteiger partial charge in [0.15, 0.2) is 0 Å². The molecule has 2 fully saturated rings. The van der Waals surface area contributed by atoms with Gasteiger partial charge < -0.3 is 0 Å². The molecule has 0 spiro atoms. The maximum Gasteiger partial charge on any atom is 0.149 e. The second-order valence-corrected chi connectivity index (χ2v) is 6.10. The minimum atomic E-state index is 0.380. The third kappa shape index (κ3) is 3.31. The molecule has 2 aliphatic rings. The number of ketones is 1. The van der Waals surface area contributed by atoms with Crippen molar-refractivity contribution in [1.82, 2.24) is 4.90 Å². The molecule has 1 saturated carbocycles. The molecule has 1 aliphatic heterocycles. The van der Waals surface area contributed by atoms with Crippen molar-refractivity contribution in [2.75, 3.05) is 6.54 Å². The first-order valence-electron chi connectivity index (χ1n) is 7.47. The van der Waals surface area contributed by atoms with E-state index >= 15 is 0 Å². The van der Waals surface area contributed by atoms with E-state index in [0.717, 1.165) is 12.8 Å². The molecule has 1 heterocycles. The predicted octanol–water partition coefficient (Wildman–Crippen LogP) is 3.40. The Morgan fingerprint density at radius 2 is 1.53 bits per heavy atom. The van der Waals surface area contributed by atoms with Gasteiger partial charge in [-0.1, -0.05) is 25.7 Å². The van der Waals surface area contributed by atoms with E-state index < -0.39 is 0 Å². The van der Waals surface area contributed by atoms with Gasteiger partial charge in [0, 0.05) is 18.0 Å². The lowest BCUT2D eigenvalue weighted by Crippen LogP contribution is -2.47. The zero-order valence-electron chi connectivity index (χ0n) is 11.5. The largest absolute Gasteiger partial charge is 0.298 e. The Morgan fingerprint density at radius 1 is 0.941 bits per heavy atom. The summed E-state index contributed by atoms with van der Waals surface area (Å²) in [5.41, 5.74) is 0. The minimum absolute atomic E-state index is 0.380. The summed E-state index contributed by atoms with van der Waals surface area (Å²) in [6.45, 7) is 5.28. The SMILES string of the molecule is CC1CCCC(C)N1CC(=O)C1CCCCC1. The van der Waals surface area contributed by atoms with Crippen molar-refractivity contribution >= 4 is 5.78 Å². The molecule has 2 rings (SSSR count). The van der Waals surface area contributed by atoms with Crippen LogP contribution in [-0.2, 0) is 4.79 Å². The summed E-state index contributed by atoms with van der Waals surface area (Å²) < 4.78 is 0. The van der Waals surface area contributed by atoms with Crippen LogP contribution in [0.2, 0.25) is 0 Å². The van der Waals surface area contributed by atoms with E-state index in [1.165, 1.54) is 38.5 Å². The first kappa shape index (κ1) is 13.1. The molecule has 0 N–H and O–H groups in total. The van der Waals surface area contributed by atoms with Crippen molar-refractivity contribution in [1.29, 1.82) is 0 Å². The van der Waals surface area contributed by atoms with Gasteiger partial charge >= 0.3 is 0 Å². The molecule has 2 nitrogen and oxygen atoms in total. The topological polar surface area (TPSA) is 20.3 Å². The lowest BCUT2D eigenvalue weighted by atomic mass is 9.85. The molecule has 0 aromatic heterocycles. The molecule has 0 radical (unpaired) electrons. The van der Waals surface area contributed by atoms with Gasteiger partial charge in [0.25, 0.3) is 0 Å².